The number of carbonyl (C=O) groups is 1. The number of carbonyl (C=O) groups excluding carboxylic acids is 1. The van der Waals surface area contributed by atoms with Gasteiger partial charge in [0.1, 0.15) is 6.54 Å². The van der Waals surface area contributed by atoms with Crippen LogP contribution in [0.15, 0.2) is 29.1 Å². The average Bonchev–Trinajstić information content (AvgIpc) is 2.92. The second-order valence-corrected chi connectivity index (χ2v) is 6.89. The molecule has 3 rings (SSSR count). The van der Waals surface area contributed by atoms with Gasteiger partial charge in [-0.2, -0.15) is 0 Å². The van der Waals surface area contributed by atoms with Crippen molar-refractivity contribution in [3.05, 3.63) is 34.6 Å². The average molecular weight is 347 g/mol. The van der Waals surface area contributed by atoms with Gasteiger partial charge in [-0.25, -0.2) is 4.68 Å². The van der Waals surface area contributed by atoms with Gasteiger partial charge in [0.25, 0.3) is 5.56 Å². The molecule has 1 aliphatic rings. The number of likely N-dealkylation sites (tertiary alicyclic amines) is 1. The van der Waals surface area contributed by atoms with Gasteiger partial charge in [-0.3, -0.25) is 14.7 Å². The molecule has 7 heteroatoms. The maximum Gasteiger partial charge on any atom is 0.274 e. The second-order valence-electron chi connectivity index (χ2n) is 6.89. The number of H-pyrrole nitrogens is 1. The summed E-state index contributed by atoms with van der Waals surface area (Å²) >= 11 is 0. The van der Waals surface area contributed by atoms with E-state index in [1.54, 1.807) is 24.1 Å². The molecular weight excluding hydrogens is 322 g/mol. The van der Waals surface area contributed by atoms with Crippen molar-refractivity contribution >= 4 is 16.8 Å². The Labute approximate surface area is 146 Å². The molecule has 25 heavy (non-hydrogen) atoms. The van der Waals surface area contributed by atoms with E-state index in [2.05, 4.69) is 5.10 Å². The van der Waals surface area contributed by atoms with Gasteiger partial charge >= 0.3 is 0 Å². The molecule has 136 valence electrons. The Bertz CT molecular complexity index is 812. The first-order valence-electron chi connectivity index (χ1n) is 8.61. The molecule has 1 aromatic heterocycles. The number of hydrogen-bond acceptors (Lipinski definition) is 4. The lowest BCUT2D eigenvalue weighted by molar-refractivity contribution is -0.141. The van der Waals surface area contributed by atoms with Gasteiger partial charge < -0.3 is 14.7 Å². The minimum Gasteiger partial charge on any atom is -0.389 e. The van der Waals surface area contributed by atoms with E-state index in [1.165, 1.54) is 4.68 Å². The predicted molar refractivity (Wildman–Crippen MR) is 94.4 cm³/mol. The number of aromatic nitrogens is 2. The predicted octanol–water partition coefficient (Wildman–Crippen LogP) is 0.966. The van der Waals surface area contributed by atoms with Crippen molar-refractivity contribution in [2.24, 2.45) is 5.92 Å². The first kappa shape index (κ1) is 17.7. The quantitative estimate of drug-likeness (QED) is 0.843. The Morgan fingerprint density at radius 3 is 2.88 bits per heavy atom. The Balaban J connectivity index is 1.68. The third-order valence-corrected chi connectivity index (χ3v) is 5.27. The number of nitrogens with zero attached hydrogens (tertiary/aromatic N) is 2. The molecule has 1 amide bonds. The van der Waals surface area contributed by atoms with Crippen molar-refractivity contribution in [3.63, 3.8) is 0 Å². The van der Waals surface area contributed by atoms with Gasteiger partial charge in [0.15, 0.2) is 0 Å². The first-order chi connectivity index (χ1) is 11.9. The number of hydrogen-bond donors (Lipinski definition) is 2. The fourth-order valence-corrected chi connectivity index (χ4v) is 3.50. The fraction of sp³-hybridized carbons (Fsp3) is 0.556. The van der Waals surface area contributed by atoms with E-state index in [-0.39, 0.29) is 23.9 Å². The molecule has 1 fully saturated rings. The standard InChI is InChI=1S/C18H25N3O4/c1-13-11-20(9-7-18(13,24)8-10-25-2)16(22)12-21-17(23)14-5-3-4-6-15(14)19-21/h3-6,13,19,24H,7-12H2,1-2H3/t13-,18-/m0/s1. The Hall–Kier alpha value is -2.12. The van der Waals surface area contributed by atoms with Gasteiger partial charge in [0.05, 0.1) is 16.5 Å². The molecule has 1 aromatic carbocycles. The van der Waals surface area contributed by atoms with Crippen LogP contribution in [0.2, 0.25) is 0 Å². The molecule has 0 unspecified atom stereocenters. The number of piperidine rings is 1. The number of rotatable bonds is 5. The maximum absolute atomic E-state index is 12.6. The number of para-hydroxylation sites is 1. The normalized spacial score (nSPS) is 24.0. The zero-order valence-corrected chi connectivity index (χ0v) is 14.7. The van der Waals surface area contributed by atoms with E-state index in [0.29, 0.717) is 37.9 Å². The fourth-order valence-electron chi connectivity index (χ4n) is 3.50. The zero-order valence-electron chi connectivity index (χ0n) is 14.7. The highest BCUT2D eigenvalue weighted by atomic mass is 16.5. The van der Waals surface area contributed by atoms with Crippen LogP contribution in [0, 0.1) is 5.92 Å². The SMILES string of the molecule is COCC[C@@]1(O)CCN(C(=O)Cn2[nH]c3ccccc3c2=O)C[C@@H]1C. The monoisotopic (exact) mass is 347 g/mol. The lowest BCUT2D eigenvalue weighted by Crippen LogP contribution is -2.53. The van der Waals surface area contributed by atoms with E-state index in [1.807, 2.05) is 19.1 Å². The Kier molecular flexibility index (Phi) is 4.96. The summed E-state index contributed by atoms with van der Waals surface area (Å²) in [5, 5.41) is 14.3. The highest BCUT2D eigenvalue weighted by Crippen LogP contribution is 2.31. The number of methoxy groups -OCH3 is 1. The van der Waals surface area contributed by atoms with Crippen LogP contribution in [-0.2, 0) is 16.1 Å². The summed E-state index contributed by atoms with van der Waals surface area (Å²) in [6, 6.07) is 7.21. The van der Waals surface area contributed by atoms with E-state index in [4.69, 9.17) is 4.74 Å². The van der Waals surface area contributed by atoms with Crippen molar-refractivity contribution in [2.75, 3.05) is 26.8 Å². The summed E-state index contributed by atoms with van der Waals surface area (Å²) in [5.41, 5.74) is -0.267. The topological polar surface area (TPSA) is 87.6 Å². The molecule has 0 aliphatic carbocycles. The molecule has 2 N–H and O–H groups in total. The molecule has 2 aromatic rings. The molecule has 0 bridgehead atoms. The largest absolute Gasteiger partial charge is 0.389 e. The molecule has 2 atom stereocenters. The highest BCUT2D eigenvalue weighted by Gasteiger charge is 2.39. The minimum atomic E-state index is -0.801. The molecule has 0 spiro atoms. The number of amides is 1. The molecule has 7 nitrogen and oxygen atoms in total. The zero-order chi connectivity index (χ0) is 18.0. The van der Waals surface area contributed by atoms with Crippen molar-refractivity contribution in [1.29, 1.82) is 0 Å². The van der Waals surface area contributed by atoms with Gasteiger partial charge in [-0.05, 0) is 25.0 Å². The summed E-state index contributed by atoms with van der Waals surface area (Å²) in [4.78, 5) is 26.7. The molecular formula is C18H25N3O4. The Morgan fingerprint density at radius 2 is 2.20 bits per heavy atom. The van der Waals surface area contributed by atoms with E-state index in [9.17, 15) is 14.7 Å². The van der Waals surface area contributed by atoms with Crippen molar-refractivity contribution in [1.82, 2.24) is 14.7 Å². The van der Waals surface area contributed by atoms with Crippen LogP contribution >= 0.6 is 0 Å². The number of ether oxygens (including phenoxy) is 1. The first-order valence-corrected chi connectivity index (χ1v) is 8.61. The molecule has 1 aliphatic heterocycles. The van der Waals surface area contributed by atoms with Crippen LogP contribution in [-0.4, -0.2) is 58.1 Å². The smallest absolute Gasteiger partial charge is 0.274 e. The van der Waals surface area contributed by atoms with E-state index in [0.717, 1.165) is 5.52 Å². The van der Waals surface area contributed by atoms with Crippen molar-refractivity contribution in [2.45, 2.75) is 31.9 Å². The van der Waals surface area contributed by atoms with Crippen LogP contribution in [0.5, 0.6) is 0 Å². The van der Waals surface area contributed by atoms with Crippen molar-refractivity contribution < 1.29 is 14.6 Å². The number of aromatic amines is 1. The van der Waals surface area contributed by atoms with Crippen molar-refractivity contribution in [3.8, 4) is 0 Å². The summed E-state index contributed by atoms with van der Waals surface area (Å²) in [6.45, 7) is 3.40. The lowest BCUT2D eigenvalue weighted by Gasteiger charge is -2.43. The Morgan fingerprint density at radius 1 is 1.44 bits per heavy atom. The number of benzene rings is 1. The molecule has 1 saturated heterocycles. The maximum atomic E-state index is 12.6. The van der Waals surface area contributed by atoms with Crippen LogP contribution in [0.4, 0.5) is 0 Å². The third kappa shape index (κ3) is 3.48. The van der Waals surface area contributed by atoms with Crippen LogP contribution in [0.1, 0.15) is 19.8 Å². The number of fused-ring (bicyclic) bond motifs is 1. The highest BCUT2D eigenvalue weighted by molar-refractivity contribution is 5.79. The summed E-state index contributed by atoms with van der Waals surface area (Å²) < 4.78 is 6.42. The number of nitrogens with one attached hydrogen (secondary N) is 1. The van der Waals surface area contributed by atoms with Crippen LogP contribution in [0.25, 0.3) is 10.9 Å². The molecule has 0 saturated carbocycles. The van der Waals surface area contributed by atoms with Crippen LogP contribution < -0.4 is 5.56 Å². The van der Waals surface area contributed by atoms with Gasteiger partial charge in [0.2, 0.25) is 5.91 Å². The minimum absolute atomic E-state index is 0.0171. The summed E-state index contributed by atoms with van der Waals surface area (Å²) in [5.74, 6) is -0.158. The number of aliphatic hydroxyl groups is 1. The lowest BCUT2D eigenvalue weighted by atomic mass is 9.80. The third-order valence-electron chi connectivity index (χ3n) is 5.27. The summed E-state index contributed by atoms with van der Waals surface area (Å²) in [7, 11) is 1.62. The molecule has 2 heterocycles. The van der Waals surface area contributed by atoms with Crippen LogP contribution in [0.3, 0.4) is 0 Å². The van der Waals surface area contributed by atoms with E-state index >= 15 is 0 Å². The second kappa shape index (κ2) is 7.01. The van der Waals surface area contributed by atoms with Gasteiger partial charge in [-0.1, -0.05) is 19.1 Å². The summed E-state index contributed by atoms with van der Waals surface area (Å²) in [6.07, 6.45) is 1.08. The van der Waals surface area contributed by atoms with Gasteiger partial charge in [0, 0.05) is 32.7 Å². The van der Waals surface area contributed by atoms with E-state index < -0.39 is 5.60 Å². The molecule has 0 radical (unpaired) electrons. The van der Waals surface area contributed by atoms with Gasteiger partial charge in [-0.15, -0.1) is 0 Å².